The smallest absolute Gasteiger partial charge is 0.251 e. The lowest BCUT2D eigenvalue weighted by molar-refractivity contribution is -0.114. The Balaban J connectivity index is 1.81. The van der Waals surface area contributed by atoms with Crippen LogP contribution in [0.3, 0.4) is 0 Å². The maximum absolute atomic E-state index is 12.2. The molecule has 2 aromatic carbocycles. The summed E-state index contributed by atoms with van der Waals surface area (Å²) in [6.07, 6.45) is 0.855. The van der Waals surface area contributed by atoms with Gasteiger partial charge in [0.25, 0.3) is 5.91 Å². The molecule has 7 nitrogen and oxygen atoms in total. The van der Waals surface area contributed by atoms with Gasteiger partial charge in [-0.1, -0.05) is 6.07 Å². The van der Waals surface area contributed by atoms with Gasteiger partial charge in [0.1, 0.15) is 5.75 Å². The molecule has 2 aromatic rings. The zero-order chi connectivity index (χ0) is 21.1. The minimum absolute atomic E-state index is 0.0865. The van der Waals surface area contributed by atoms with Gasteiger partial charge in [0.2, 0.25) is 5.91 Å². The van der Waals surface area contributed by atoms with Crippen LogP contribution in [0, 0.1) is 0 Å². The Kier molecular flexibility index (Phi) is 8.98. The average Bonchev–Trinajstić information content (AvgIpc) is 2.71. The summed E-state index contributed by atoms with van der Waals surface area (Å²) in [5, 5.41) is 8.70. The minimum atomic E-state index is -0.183. The van der Waals surface area contributed by atoms with Crippen LogP contribution in [0.2, 0.25) is 0 Å². The van der Waals surface area contributed by atoms with E-state index in [0.717, 1.165) is 12.2 Å². The van der Waals surface area contributed by atoms with Crippen LogP contribution in [-0.4, -0.2) is 44.7 Å². The fraction of sp³-hybridized carbons (Fsp3) is 0.364. The van der Waals surface area contributed by atoms with E-state index in [-0.39, 0.29) is 24.5 Å². The Bertz CT molecular complexity index is 791. The molecular formula is C22H29N3O4. The second-order valence-corrected chi connectivity index (χ2v) is 6.78. The van der Waals surface area contributed by atoms with Gasteiger partial charge in [-0.3, -0.25) is 9.59 Å². The zero-order valence-corrected chi connectivity index (χ0v) is 17.2. The van der Waals surface area contributed by atoms with Crippen LogP contribution in [0.1, 0.15) is 30.6 Å². The van der Waals surface area contributed by atoms with Crippen LogP contribution < -0.4 is 20.7 Å². The summed E-state index contributed by atoms with van der Waals surface area (Å²) in [5.74, 6) is 0.420. The van der Waals surface area contributed by atoms with E-state index >= 15 is 0 Å². The number of benzene rings is 2. The third kappa shape index (κ3) is 8.23. The quantitative estimate of drug-likeness (QED) is 0.505. The summed E-state index contributed by atoms with van der Waals surface area (Å²) >= 11 is 0. The predicted octanol–water partition coefficient (Wildman–Crippen LogP) is 3.29. The molecule has 0 saturated carbocycles. The van der Waals surface area contributed by atoms with Gasteiger partial charge >= 0.3 is 0 Å². The fourth-order valence-corrected chi connectivity index (χ4v) is 2.57. The monoisotopic (exact) mass is 399 g/mol. The van der Waals surface area contributed by atoms with Crippen LogP contribution in [0.25, 0.3) is 0 Å². The molecule has 2 amide bonds. The highest BCUT2D eigenvalue weighted by atomic mass is 16.5. The molecule has 29 heavy (non-hydrogen) atoms. The molecule has 0 saturated heterocycles. The van der Waals surface area contributed by atoms with Gasteiger partial charge < -0.3 is 25.4 Å². The molecule has 7 heteroatoms. The van der Waals surface area contributed by atoms with Crippen LogP contribution in [0.4, 0.5) is 11.4 Å². The van der Waals surface area contributed by atoms with Gasteiger partial charge in [-0.25, -0.2) is 0 Å². The molecule has 0 aliphatic rings. The molecule has 0 bridgehead atoms. The second kappa shape index (κ2) is 11.7. The molecule has 0 unspecified atom stereocenters. The van der Waals surface area contributed by atoms with E-state index in [4.69, 9.17) is 9.47 Å². The van der Waals surface area contributed by atoms with Crippen molar-refractivity contribution >= 4 is 23.2 Å². The van der Waals surface area contributed by atoms with Crippen LogP contribution in [0.5, 0.6) is 5.75 Å². The lowest BCUT2D eigenvalue weighted by Gasteiger charge is -2.11. The van der Waals surface area contributed by atoms with Crippen molar-refractivity contribution in [2.45, 2.75) is 26.4 Å². The molecule has 0 spiro atoms. The lowest BCUT2D eigenvalue weighted by atomic mass is 10.2. The highest BCUT2D eigenvalue weighted by molar-refractivity contribution is 5.96. The Labute approximate surface area is 171 Å². The van der Waals surface area contributed by atoms with E-state index in [1.165, 1.54) is 0 Å². The van der Waals surface area contributed by atoms with E-state index in [1.54, 1.807) is 37.4 Å². The Morgan fingerprint density at radius 2 is 1.79 bits per heavy atom. The number of carbonyl (C=O) groups excluding carboxylic acids is 2. The first kappa shape index (κ1) is 22.2. The number of amides is 2. The number of methoxy groups -OCH3 is 1. The molecule has 0 aliphatic heterocycles. The molecule has 156 valence electrons. The highest BCUT2D eigenvalue weighted by Crippen LogP contribution is 2.17. The minimum Gasteiger partial charge on any atom is -0.491 e. The third-order valence-corrected chi connectivity index (χ3v) is 3.90. The third-order valence-electron chi connectivity index (χ3n) is 3.90. The van der Waals surface area contributed by atoms with Crippen molar-refractivity contribution in [2.24, 2.45) is 0 Å². The first-order valence-corrected chi connectivity index (χ1v) is 9.65. The maximum Gasteiger partial charge on any atom is 0.251 e. The van der Waals surface area contributed by atoms with E-state index < -0.39 is 0 Å². The molecule has 0 atom stereocenters. The molecule has 0 fully saturated rings. The van der Waals surface area contributed by atoms with E-state index in [2.05, 4.69) is 16.0 Å². The van der Waals surface area contributed by atoms with Crippen molar-refractivity contribution in [3.8, 4) is 5.75 Å². The number of carbonyl (C=O) groups is 2. The van der Waals surface area contributed by atoms with Crippen LogP contribution in [0.15, 0.2) is 48.5 Å². The van der Waals surface area contributed by atoms with Crippen molar-refractivity contribution in [3.05, 3.63) is 54.1 Å². The summed E-state index contributed by atoms with van der Waals surface area (Å²) in [4.78, 5) is 24.3. The fourth-order valence-electron chi connectivity index (χ4n) is 2.57. The number of hydrogen-bond acceptors (Lipinski definition) is 5. The molecule has 0 heterocycles. The van der Waals surface area contributed by atoms with Gasteiger partial charge in [0, 0.05) is 37.2 Å². The normalized spacial score (nSPS) is 10.5. The van der Waals surface area contributed by atoms with E-state index in [0.29, 0.717) is 30.1 Å². The molecular weight excluding hydrogens is 370 g/mol. The van der Waals surface area contributed by atoms with Crippen molar-refractivity contribution in [1.29, 1.82) is 0 Å². The first-order valence-electron chi connectivity index (χ1n) is 9.65. The Hall–Kier alpha value is -3.06. The van der Waals surface area contributed by atoms with Crippen LogP contribution >= 0.6 is 0 Å². The van der Waals surface area contributed by atoms with Gasteiger partial charge in [-0.05, 0) is 62.7 Å². The predicted molar refractivity (Wildman–Crippen MR) is 115 cm³/mol. The Morgan fingerprint density at radius 1 is 1.03 bits per heavy atom. The number of nitrogens with one attached hydrogen (secondary N) is 3. The molecule has 0 radical (unpaired) electrons. The molecule has 0 aliphatic carbocycles. The molecule has 3 N–H and O–H groups in total. The SMILES string of the molecule is COCCCNC(=O)c1cccc(NCC(=O)Nc2ccc(OC(C)C)cc2)c1. The van der Waals surface area contributed by atoms with Crippen molar-refractivity contribution in [3.63, 3.8) is 0 Å². The van der Waals surface area contributed by atoms with Gasteiger partial charge in [-0.15, -0.1) is 0 Å². The largest absolute Gasteiger partial charge is 0.491 e. The number of ether oxygens (including phenoxy) is 2. The summed E-state index contributed by atoms with van der Waals surface area (Å²) in [5.41, 5.74) is 1.93. The average molecular weight is 399 g/mol. The second-order valence-electron chi connectivity index (χ2n) is 6.78. The van der Waals surface area contributed by atoms with E-state index in [1.807, 2.05) is 32.0 Å². The first-order chi connectivity index (χ1) is 14.0. The van der Waals surface area contributed by atoms with Gasteiger partial charge in [0.05, 0.1) is 12.6 Å². The number of anilines is 2. The summed E-state index contributed by atoms with van der Waals surface area (Å²) in [7, 11) is 1.63. The maximum atomic E-state index is 12.2. The summed E-state index contributed by atoms with van der Waals surface area (Å²) < 4.78 is 10.5. The highest BCUT2D eigenvalue weighted by Gasteiger charge is 2.07. The van der Waals surface area contributed by atoms with Gasteiger partial charge in [-0.2, -0.15) is 0 Å². The standard InChI is InChI=1S/C22H29N3O4/c1-16(2)29-20-10-8-18(9-11-20)25-21(26)15-24-19-7-4-6-17(14-19)22(27)23-12-5-13-28-3/h4,6-11,14,16,24H,5,12-13,15H2,1-3H3,(H,23,27)(H,25,26). The zero-order valence-electron chi connectivity index (χ0n) is 17.2. The van der Waals surface area contributed by atoms with Gasteiger partial charge in [0.15, 0.2) is 0 Å². The van der Waals surface area contributed by atoms with Crippen molar-refractivity contribution in [2.75, 3.05) is 37.4 Å². The van der Waals surface area contributed by atoms with Crippen molar-refractivity contribution in [1.82, 2.24) is 5.32 Å². The molecule has 2 rings (SSSR count). The van der Waals surface area contributed by atoms with E-state index in [9.17, 15) is 9.59 Å². The lowest BCUT2D eigenvalue weighted by Crippen LogP contribution is -2.25. The summed E-state index contributed by atoms with van der Waals surface area (Å²) in [6, 6.07) is 14.3. The molecule has 0 aromatic heterocycles. The summed E-state index contributed by atoms with van der Waals surface area (Å²) in [6.45, 7) is 5.16. The van der Waals surface area contributed by atoms with Crippen molar-refractivity contribution < 1.29 is 19.1 Å². The number of rotatable bonds is 11. The number of hydrogen-bond donors (Lipinski definition) is 3. The topological polar surface area (TPSA) is 88.7 Å². The Morgan fingerprint density at radius 3 is 2.48 bits per heavy atom. The van der Waals surface area contributed by atoms with Crippen LogP contribution in [-0.2, 0) is 9.53 Å².